The highest BCUT2D eigenvalue weighted by Gasteiger charge is 2.81. The Morgan fingerprint density at radius 3 is 1.82 bits per heavy atom. The summed E-state index contributed by atoms with van der Waals surface area (Å²) in [4.78, 5) is 0. The molecule has 1 aromatic rings. The molecule has 0 N–H and O–H groups in total. The number of rotatable bonds is 4. The molecule has 156 valence electrons. The third-order valence-electron chi connectivity index (χ3n) is 4.15. The zero-order chi connectivity index (χ0) is 21.8. The monoisotopic (exact) mass is 558 g/mol. The fourth-order valence-electron chi connectivity index (χ4n) is 2.78. The van der Waals surface area contributed by atoms with Gasteiger partial charge in [-0.15, -0.1) is 0 Å². The van der Waals surface area contributed by atoms with Crippen molar-refractivity contribution in [2.45, 2.75) is 35.4 Å². The summed E-state index contributed by atoms with van der Waals surface area (Å²) in [7, 11) is -6.52. The average Bonchev–Trinajstić information content (AvgIpc) is 2.52. The Morgan fingerprint density at radius 2 is 1.39 bits per heavy atom. The van der Waals surface area contributed by atoms with Gasteiger partial charge in [-0.3, -0.25) is 0 Å². The van der Waals surface area contributed by atoms with Gasteiger partial charge in [-0.05, 0) is 39.2 Å². The third-order valence-corrected chi connectivity index (χ3v) is 7.44. The van der Waals surface area contributed by atoms with Crippen LogP contribution in [-0.2, 0) is 14.6 Å². The first kappa shape index (κ1) is 23.4. The van der Waals surface area contributed by atoms with Crippen molar-refractivity contribution in [3.8, 4) is 0 Å². The van der Waals surface area contributed by atoms with E-state index in [4.69, 9.17) is 0 Å². The highest BCUT2D eigenvalue weighted by atomic mass is 79.9. The summed E-state index contributed by atoms with van der Waals surface area (Å²) < 4.78 is 117. The molecule has 0 saturated heterocycles. The molecule has 0 heterocycles. The van der Waals surface area contributed by atoms with E-state index in [0.717, 1.165) is 6.07 Å². The predicted molar refractivity (Wildman–Crippen MR) is 96.4 cm³/mol. The number of halogens is 9. The van der Waals surface area contributed by atoms with Gasteiger partial charge in [-0.25, -0.2) is 8.42 Å². The molecule has 0 spiro atoms. The summed E-state index contributed by atoms with van der Waals surface area (Å²) in [6, 6.07) is 5.10. The van der Waals surface area contributed by atoms with E-state index in [1.54, 1.807) is 0 Å². The van der Waals surface area contributed by atoms with Gasteiger partial charge in [0.05, 0.1) is 0 Å². The molecule has 0 atom stereocenters. The number of benzene rings is 1. The molecule has 28 heavy (non-hydrogen) atoms. The number of aryl methyl sites for hydroxylation is 1. The van der Waals surface area contributed by atoms with Gasteiger partial charge in [0, 0.05) is 6.42 Å². The summed E-state index contributed by atoms with van der Waals surface area (Å²) in [6.07, 6.45) is -5.37. The van der Waals surface area contributed by atoms with E-state index >= 15 is 0 Å². The lowest BCUT2D eigenvalue weighted by molar-refractivity contribution is -0.332. The minimum Gasteiger partial charge on any atom is -0.221 e. The topological polar surface area (TPSA) is 34.1 Å². The molecule has 1 aliphatic carbocycles. The quantitative estimate of drug-likeness (QED) is 0.402. The minimum atomic E-state index is -6.81. The summed E-state index contributed by atoms with van der Waals surface area (Å²) in [5, 5.41) is -6.45. The number of sulfone groups is 1. The molecule has 2 rings (SSSR count). The molecule has 0 unspecified atom stereocenters. The van der Waals surface area contributed by atoms with Crippen LogP contribution in [0.2, 0.25) is 0 Å². The van der Waals surface area contributed by atoms with Crippen LogP contribution in [0.3, 0.4) is 0 Å². The Balaban J connectivity index is 2.94. The zero-order valence-electron chi connectivity index (χ0n) is 13.8. The average molecular weight is 560 g/mol. The second-order valence-corrected chi connectivity index (χ2v) is 10.3. The summed E-state index contributed by atoms with van der Waals surface area (Å²) in [5.74, 6) is -6.81. The molecule has 0 amide bonds. The van der Waals surface area contributed by atoms with Crippen LogP contribution in [0.25, 0.3) is 0 Å². The molecule has 0 fully saturated rings. The molecular formula is C16H11Br2F7O2S. The van der Waals surface area contributed by atoms with E-state index in [0.29, 0.717) is 12.2 Å². The largest absolute Gasteiger partial charge is 0.461 e. The number of hydrogen-bond donors (Lipinski definition) is 0. The van der Waals surface area contributed by atoms with Gasteiger partial charge in [0.15, 0.2) is 0 Å². The fraction of sp³-hybridized carbons (Fsp3) is 0.375. The van der Waals surface area contributed by atoms with Gasteiger partial charge in [0.2, 0.25) is 9.84 Å². The minimum absolute atomic E-state index is 0.00435. The maximum atomic E-state index is 14.4. The lowest BCUT2D eigenvalue weighted by atomic mass is 9.90. The van der Waals surface area contributed by atoms with E-state index in [-0.39, 0.29) is 26.5 Å². The van der Waals surface area contributed by atoms with Gasteiger partial charge in [-0.2, -0.15) is 30.7 Å². The second kappa shape index (κ2) is 7.12. The molecule has 1 aromatic carbocycles. The first-order chi connectivity index (χ1) is 12.5. The van der Waals surface area contributed by atoms with Crippen molar-refractivity contribution >= 4 is 41.7 Å². The Bertz CT molecular complexity index is 932. The molecule has 12 heteroatoms. The van der Waals surface area contributed by atoms with Crippen LogP contribution in [0.1, 0.15) is 17.5 Å². The molecule has 0 aliphatic heterocycles. The van der Waals surface area contributed by atoms with Crippen molar-refractivity contribution in [3.63, 3.8) is 0 Å². The van der Waals surface area contributed by atoms with Gasteiger partial charge >= 0.3 is 17.4 Å². The number of allylic oxidation sites excluding steroid dienone is 2. The summed E-state index contributed by atoms with van der Waals surface area (Å²) in [6.45, 7) is 1.32. The number of hydrogen-bond acceptors (Lipinski definition) is 2. The highest BCUT2D eigenvalue weighted by Crippen LogP contribution is 2.56. The van der Waals surface area contributed by atoms with Crippen molar-refractivity contribution in [1.29, 1.82) is 0 Å². The second-order valence-electron chi connectivity index (χ2n) is 6.06. The predicted octanol–water partition coefficient (Wildman–Crippen LogP) is 6.36. The summed E-state index contributed by atoms with van der Waals surface area (Å²) >= 11 is 5.89. The van der Waals surface area contributed by atoms with Crippen LogP contribution in [0.15, 0.2) is 45.4 Å². The molecule has 1 aliphatic rings. The van der Waals surface area contributed by atoms with E-state index in [1.165, 1.54) is 25.1 Å². The smallest absolute Gasteiger partial charge is 0.221 e. The first-order valence-electron chi connectivity index (χ1n) is 7.38. The van der Waals surface area contributed by atoms with Crippen LogP contribution in [0, 0.1) is 6.92 Å². The van der Waals surface area contributed by atoms with Crippen LogP contribution >= 0.6 is 31.9 Å². The standard InChI is InChI=1S/C16H11Br2F7O2S/c1-9-4-2-3-5-12(9)13(7-10(17)6-11(18)8-13)28(26,27)16(24,25)14(19,20)15(21,22)23/h2-5,7-8H,6H2,1H3. The van der Waals surface area contributed by atoms with Crippen LogP contribution < -0.4 is 0 Å². The van der Waals surface area contributed by atoms with E-state index in [2.05, 4.69) is 31.9 Å². The van der Waals surface area contributed by atoms with Gasteiger partial charge < -0.3 is 0 Å². The Morgan fingerprint density at radius 1 is 0.929 bits per heavy atom. The maximum Gasteiger partial charge on any atom is 0.461 e. The van der Waals surface area contributed by atoms with Crippen molar-refractivity contribution in [1.82, 2.24) is 0 Å². The molecule has 0 bridgehead atoms. The molecule has 2 nitrogen and oxygen atoms in total. The van der Waals surface area contributed by atoms with E-state index in [1.807, 2.05) is 0 Å². The van der Waals surface area contributed by atoms with Crippen LogP contribution in [0.4, 0.5) is 30.7 Å². The van der Waals surface area contributed by atoms with Crippen molar-refractivity contribution in [2.24, 2.45) is 0 Å². The maximum absolute atomic E-state index is 14.4. The fourth-order valence-corrected chi connectivity index (χ4v) is 6.78. The highest BCUT2D eigenvalue weighted by molar-refractivity contribution is 9.12. The lowest BCUT2D eigenvalue weighted by Gasteiger charge is -2.38. The van der Waals surface area contributed by atoms with E-state index in [9.17, 15) is 39.2 Å². The van der Waals surface area contributed by atoms with Gasteiger partial charge in [-0.1, -0.05) is 56.1 Å². The SMILES string of the molecule is Cc1ccccc1C1(S(=O)(=O)C(F)(F)C(F)(F)C(F)(F)F)C=C(Br)CC(Br)=C1. The lowest BCUT2D eigenvalue weighted by Crippen LogP contribution is -2.60. The van der Waals surface area contributed by atoms with Crippen LogP contribution in [-0.4, -0.2) is 25.8 Å². The number of alkyl halides is 7. The zero-order valence-corrected chi connectivity index (χ0v) is 17.8. The van der Waals surface area contributed by atoms with Gasteiger partial charge in [0.25, 0.3) is 0 Å². The van der Waals surface area contributed by atoms with E-state index < -0.39 is 31.9 Å². The Labute approximate surface area is 172 Å². The Kier molecular flexibility index (Phi) is 5.95. The van der Waals surface area contributed by atoms with Gasteiger partial charge in [0.1, 0.15) is 4.75 Å². The molecule has 0 aromatic heterocycles. The van der Waals surface area contributed by atoms with Crippen molar-refractivity contribution < 1.29 is 39.2 Å². The third kappa shape index (κ3) is 3.34. The van der Waals surface area contributed by atoms with Crippen molar-refractivity contribution in [3.05, 3.63) is 56.5 Å². The summed E-state index contributed by atoms with van der Waals surface area (Å²) in [5.41, 5.74) is -0.270. The molecule has 0 saturated carbocycles. The first-order valence-corrected chi connectivity index (χ1v) is 10.5. The molecular weight excluding hydrogens is 549 g/mol. The van der Waals surface area contributed by atoms with Crippen LogP contribution in [0.5, 0.6) is 0 Å². The normalized spacial score (nSPS) is 18.5. The molecule has 0 radical (unpaired) electrons. The van der Waals surface area contributed by atoms with Crippen molar-refractivity contribution in [2.75, 3.05) is 0 Å². The Hall–Kier alpha value is -0.880.